The van der Waals surface area contributed by atoms with Crippen LogP contribution in [0.5, 0.6) is 0 Å². The Morgan fingerprint density at radius 3 is 2.72 bits per heavy atom. The van der Waals surface area contributed by atoms with Crippen LogP contribution in [0.3, 0.4) is 0 Å². The Labute approximate surface area is 107 Å². The maximum atomic E-state index is 5.62. The molecular weight excluding hydrogens is 226 g/mol. The predicted molar refractivity (Wildman–Crippen MR) is 71.0 cm³/mol. The van der Waals surface area contributed by atoms with E-state index in [9.17, 15) is 0 Å². The summed E-state index contributed by atoms with van der Waals surface area (Å²) in [5.74, 6) is 0.682. The standard InChI is InChI=1S/C13H17N5/c1-10-7-12(8-14)17-13(16-10)18(2)9-11-5-3-4-6-15-11/h3-7H,8-9,14H2,1-2H3. The van der Waals surface area contributed by atoms with E-state index in [0.717, 1.165) is 17.1 Å². The van der Waals surface area contributed by atoms with Crippen LogP contribution in [0.25, 0.3) is 0 Å². The molecule has 2 aromatic rings. The van der Waals surface area contributed by atoms with Crippen LogP contribution < -0.4 is 10.6 Å². The van der Waals surface area contributed by atoms with Gasteiger partial charge < -0.3 is 10.6 Å². The first-order valence-electron chi connectivity index (χ1n) is 5.84. The molecule has 18 heavy (non-hydrogen) atoms. The molecule has 0 atom stereocenters. The lowest BCUT2D eigenvalue weighted by atomic mass is 10.3. The summed E-state index contributed by atoms with van der Waals surface area (Å²) in [7, 11) is 1.95. The van der Waals surface area contributed by atoms with Crippen LogP contribution in [0.4, 0.5) is 5.95 Å². The second kappa shape index (κ2) is 5.55. The maximum Gasteiger partial charge on any atom is 0.225 e. The van der Waals surface area contributed by atoms with Crippen molar-refractivity contribution < 1.29 is 0 Å². The van der Waals surface area contributed by atoms with Crippen molar-refractivity contribution >= 4 is 5.95 Å². The molecule has 0 unspecified atom stereocenters. The van der Waals surface area contributed by atoms with E-state index in [4.69, 9.17) is 5.73 Å². The Kier molecular flexibility index (Phi) is 3.84. The molecule has 0 saturated heterocycles. The first-order valence-corrected chi connectivity index (χ1v) is 5.84. The maximum absolute atomic E-state index is 5.62. The van der Waals surface area contributed by atoms with E-state index in [1.165, 1.54) is 0 Å². The molecule has 2 heterocycles. The van der Waals surface area contributed by atoms with E-state index in [1.54, 1.807) is 6.20 Å². The summed E-state index contributed by atoms with van der Waals surface area (Å²) < 4.78 is 0. The summed E-state index contributed by atoms with van der Waals surface area (Å²) in [5, 5.41) is 0. The monoisotopic (exact) mass is 243 g/mol. The quantitative estimate of drug-likeness (QED) is 0.876. The lowest BCUT2D eigenvalue weighted by molar-refractivity contribution is 0.819. The van der Waals surface area contributed by atoms with Crippen molar-refractivity contribution in [1.82, 2.24) is 15.0 Å². The molecule has 0 radical (unpaired) electrons. The number of nitrogens with zero attached hydrogens (tertiary/aromatic N) is 4. The van der Waals surface area contributed by atoms with Gasteiger partial charge in [-0.2, -0.15) is 0 Å². The van der Waals surface area contributed by atoms with Gasteiger partial charge in [-0.15, -0.1) is 0 Å². The van der Waals surface area contributed by atoms with Crippen LogP contribution >= 0.6 is 0 Å². The smallest absolute Gasteiger partial charge is 0.225 e. The van der Waals surface area contributed by atoms with Gasteiger partial charge in [0.05, 0.1) is 17.9 Å². The van der Waals surface area contributed by atoms with E-state index in [1.807, 2.05) is 43.1 Å². The Balaban J connectivity index is 2.18. The van der Waals surface area contributed by atoms with Gasteiger partial charge in [0, 0.05) is 25.5 Å². The Morgan fingerprint density at radius 2 is 2.06 bits per heavy atom. The largest absolute Gasteiger partial charge is 0.338 e. The fraction of sp³-hybridized carbons (Fsp3) is 0.308. The number of anilines is 1. The number of pyridine rings is 1. The van der Waals surface area contributed by atoms with Crippen LogP contribution in [0, 0.1) is 6.92 Å². The second-order valence-electron chi connectivity index (χ2n) is 4.18. The van der Waals surface area contributed by atoms with E-state index < -0.39 is 0 Å². The zero-order valence-electron chi connectivity index (χ0n) is 10.7. The molecule has 0 amide bonds. The first-order chi connectivity index (χ1) is 8.69. The molecular formula is C13H17N5. The van der Waals surface area contributed by atoms with Gasteiger partial charge in [0.25, 0.3) is 0 Å². The molecule has 0 saturated carbocycles. The van der Waals surface area contributed by atoms with Crippen molar-refractivity contribution in [2.45, 2.75) is 20.0 Å². The molecule has 0 aromatic carbocycles. The lowest BCUT2D eigenvalue weighted by Crippen LogP contribution is -2.21. The fourth-order valence-electron chi connectivity index (χ4n) is 1.70. The van der Waals surface area contributed by atoms with Gasteiger partial charge in [-0.25, -0.2) is 9.97 Å². The molecule has 0 fully saturated rings. The molecule has 5 nitrogen and oxygen atoms in total. The Morgan fingerprint density at radius 1 is 1.22 bits per heavy atom. The van der Waals surface area contributed by atoms with Crippen LogP contribution in [0.15, 0.2) is 30.5 Å². The summed E-state index contributed by atoms with van der Waals surface area (Å²) in [6.45, 7) is 3.04. The van der Waals surface area contributed by atoms with Crippen LogP contribution in [0.2, 0.25) is 0 Å². The molecule has 0 aliphatic rings. The average Bonchev–Trinajstić information content (AvgIpc) is 2.39. The van der Waals surface area contributed by atoms with E-state index in [2.05, 4.69) is 15.0 Å². The number of aryl methyl sites for hydroxylation is 1. The Bertz CT molecular complexity index is 512. The number of rotatable bonds is 4. The molecule has 0 aliphatic carbocycles. The normalized spacial score (nSPS) is 10.4. The highest BCUT2D eigenvalue weighted by Gasteiger charge is 2.07. The molecule has 2 N–H and O–H groups in total. The van der Waals surface area contributed by atoms with Crippen molar-refractivity contribution in [2.24, 2.45) is 5.73 Å². The topological polar surface area (TPSA) is 67.9 Å². The minimum absolute atomic E-state index is 0.424. The zero-order valence-corrected chi connectivity index (χ0v) is 10.7. The highest BCUT2D eigenvalue weighted by molar-refractivity contribution is 5.32. The van der Waals surface area contributed by atoms with Crippen molar-refractivity contribution in [3.8, 4) is 0 Å². The number of aromatic nitrogens is 3. The molecule has 0 bridgehead atoms. The fourth-order valence-corrected chi connectivity index (χ4v) is 1.70. The van der Waals surface area contributed by atoms with Gasteiger partial charge in [-0.1, -0.05) is 6.07 Å². The SMILES string of the molecule is Cc1cc(CN)nc(N(C)Cc2ccccn2)n1. The van der Waals surface area contributed by atoms with Gasteiger partial charge in [-0.05, 0) is 25.1 Å². The summed E-state index contributed by atoms with van der Waals surface area (Å²) in [6, 6.07) is 7.76. The minimum Gasteiger partial charge on any atom is -0.338 e. The lowest BCUT2D eigenvalue weighted by Gasteiger charge is -2.17. The molecule has 94 valence electrons. The summed E-state index contributed by atoms with van der Waals surface area (Å²) in [4.78, 5) is 15.1. The highest BCUT2D eigenvalue weighted by Crippen LogP contribution is 2.11. The molecule has 2 aromatic heterocycles. The predicted octanol–water partition coefficient (Wildman–Crippen LogP) is 1.28. The molecule has 0 aliphatic heterocycles. The van der Waals surface area contributed by atoms with Gasteiger partial charge in [0.2, 0.25) is 5.95 Å². The first kappa shape index (κ1) is 12.4. The molecule has 2 rings (SSSR count). The van der Waals surface area contributed by atoms with Crippen molar-refractivity contribution in [1.29, 1.82) is 0 Å². The third-order valence-corrected chi connectivity index (χ3v) is 2.57. The third-order valence-electron chi connectivity index (χ3n) is 2.57. The molecule has 5 heteroatoms. The van der Waals surface area contributed by atoms with E-state index >= 15 is 0 Å². The van der Waals surface area contributed by atoms with Gasteiger partial charge >= 0.3 is 0 Å². The van der Waals surface area contributed by atoms with Crippen LogP contribution in [-0.2, 0) is 13.1 Å². The summed E-state index contributed by atoms with van der Waals surface area (Å²) >= 11 is 0. The number of hydrogen-bond acceptors (Lipinski definition) is 5. The average molecular weight is 243 g/mol. The van der Waals surface area contributed by atoms with Gasteiger partial charge in [-0.3, -0.25) is 4.98 Å². The van der Waals surface area contributed by atoms with E-state index in [0.29, 0.717) is 19.0 Å². The second-order valence-corrected chi connectivity index (χ2v) is 4.18. The third kappa shape index (κ3) is 3.01. The van der Waals surface area contributed by atoms with Gasteiger partial charge in [0.15, 0.2) is 0 Å². The highest BCUT2D eigenvalue weighted by atomic mass is 15.2. The molecule has 0 spiro atoms. The van der Waals surface area contributed by atoms with Crippen LogP contribution in [-0.4, -0.2) is 22.0 Å². The number of hydrogen-bond donors (Lipinski definition) is 1. The summed E-state index contributed by atoms with van der Waals surface area (Å²) in [5.41, 5.74) is 8.38. The van der Waals surface area contributed by atoms with Crippen LogP contribution in [0.1, 0.15) is 17.1 Å². The summed E-state index contributed by atoms with van der Waals surface area (Å²) in [6.07, 6.45) is 1.78. The minimum atomic E-state index is 0.424. The Hall–Kier alpha value is -2.01. The number of nitrogens with two attached hydrogens (primary N) is 1. The van der Waals surface area contributed by atoms with Crippen molar-refractivity contribution in [3.05, 3.63) is 47.5 Å². The van der Waals surface area contributed by atoms with Crippen molar-refractivity contribution in [3.63, 3.8) is 0 Å². The zero-order chi connectivity index (χ0) is 13.0. The van der Waals surface area contributed by atoms with Gasteiger partial charge in [0.1, 0.15) is 0 Å². The van der Waals surface area contributed by atoms with E-state index in [-0.39, 0.29) is 0 Å². The van der Waals surface area contributed by atoms with Crippen molar-refractivity contribution in [2.75, 3.05) is 11.9 Å².